The molecule has 0 saturated heterocycles. The lowest BCUT2D eigenvalue weighted by atomic mass is 10.2. The van der Waals surface area contributed by atoms with Crippen molar-refractivity contribution in [1.29, 1.82) is 0 Å². The molecule has 1 rings (SSSR count). The quantitative estimate of drug-likeness (QED) is 0.677. The molecule has 0 amide bonds. The minimum Gasteiger partial charge on any atom is -0.0831 e. The zero-order chi connectivity index (χ0) is 9.56. The number of benzene rings is 1. The highest BCUT2D eigenvalue weighted by molar-refractivity contribution is 9.10. The van der Waals surface area contributed by atoms with Gasteiger partial charge in [-0.05, 0) is 40.0 Å². The Morgan fingerprint density at radius 2 is 1.92 bits per heavy atom. The molecule has 0 unspecified atom stereocenters. The minimum absolute atomic E-state index is 0.775. The fourth-order valence-electron chi connectivity index (χ4n) is 0.760. The van der Waals surface area contributed by atoms with Crippen LogP contribution in [-0.2, 0) is 6.42 Å². The van der Waals surface area contributed by atoms with Gasteiger partial charge in [0.15, 0.2) is 0 Å². The minimum atomic E-state index is 0.775. The fraction of sp³-hybridized carbons (Fsp3) is 0.400. The SMILES string of the molecule is CC.CCc1ccc(Cl)c(Br)c1. The second kappa shape index (κ2) is 6.50. The van der Waals surface area contributed by atoms with Crippen LogP contribution in [-0.4, -0.2) is 0 Å². The van der Waals surface area contributed by atoms with Gasteiger partial charge in [0.05, 0.1) is 5.02 Å². The summed E-state index contributed by atoms with van der Waals surface area (Å²) in [6, 6.07) is 5.99. The Kier molecular flexibility index (Phi) is 6.49. The van der Waals surface area contributed by atoms with Gasteiger partial charge < -0.3 is 0 Å². The third-order valence-electron chi connectivity index (χ3n) is 1.39. The molecule has 0 N–H and O–H groups in total. The molecule has 1 aromatic carbocycles. The highest BCUT2D eigenvalue weighted by atomic mass is 79.9. The van der Waals surface area contributed by atoms with Crippen LogP contribution in [0.15, 0.2) is 22.7 Å². The summed E-state index contributed by atoms with van der Waals surface area (Å²) < 4.78 is 0.980. The molecule has 0 bridgehead atoms. The predicted molar refractivity (Wildman–Crippen MR) is 59.9 cm³/mol. The number of aryl methyl sites for hydroxylation is 1. The van der Waals surface area contributed by atoms with E-state index < -0.39 is 0 Å². The van der Waals surface area contributed by atoms with Crippen molar-refractivity contribution in [3.8, 4) is 0 Å². The molecule has 0 aliphatic rings. The van der Waals surface area contributed by atoms with E-state index in [1.807, 2.05) is 32.0 Å². The molecule has 0 aliphatic heterocycles. The summed E-state index contributed by atoms with van der Waals surface area (Å²) in [6.45, 7) is 6.12. The van der Waals surface area contributed by atoms with Crippen LogP contribution in [0.4, 0.5) is 0 Å². The van der Waals surface area contributed by atoms with Crippen molar-refractivity contribution < 1.29 is 0 Å². The van der Waals surface area contributed by atoms with Gasteiger partial charge in [0.1, 0.15) is 0 Å². The summed E-state index contributed by atoms with van der Waals surface area (Å²) >= 11 is 9.15. The van der Waals surface area contributed by atoms with Gasteiger partial charge in [-0.25, -0.2) is 0 Å². The molecule has 0 atom stereocenters. The van der Waals surface area contributed by atoms with Crippen LogP contribution in [0.3, 0.4) is 0 Å². The van der Waals surface area contributed by atoms with Crippen molar-refractivity contribution >= 4 is 27.5 Å². The smallest absolute Gasteiger partial charge is 0.0548 e. The number of halogens is 2. The van der Waals surface area contributed by atoms with Gasteiger partial charge in [-0.3, -0.25) is 0 Å². The molecule has 68 valence electrons. The second-order valence-electron chi connectivity index (χ2n) is 2.10. The molecule has 0 heterocycles. The van der Waals surface area contributed by atoms with E-state index in [4.69, 9.17) is 11.6 Å². The average Bonchev–Trinajstić information content (AvgIpc) is 2.13. The highest BCUT2D eigenvalue weighted by Gasteiger charge is 1.95. The van der Waals surface area contributed by atoms with Gasteiger partial charge >= 0.3 is 0 Å². The number of rotatable bonds is 1. The zero-order valence-corrected chi connectivity index (χ0v) is 10.0. The van der Waals surface area contributed by atoms with Crippen LogP contribution < -0.4 is 0 Å². The maximum Gasteiger partial charge on any atom is 0.0548 e. The highest BCUT2D eigenvalue weighted by Crippen LogP contribution is 2.23. The van der Waals surface area contributed by atoms with Crippen molar-refractivity contribution in [2.24, 2.45) is 0 Å². The molecule has 0 saturated carbocycles. The van der Waals surface area contributed by atoms with Crippen molar-refractivity contribution in [1.82, 2.24) is 0 Å². The Hall–Kier alpha value is -0.0100. The Balaban J connectivity index is 0.000000561. The van der Waals surface area contributed by atoms with Crippen LogP contribution in [0.2, 0.25) is 5.02 Å². The molecular weight excluding hydrogens is 235 g/mol. The zero-order valence-electron chi connectivity index (χ0n) is 7.70. The van der Waals surface area contributed by atoms with Crippen LogP contribution in [0.1, 0.15) is 26.3 Å². The maximum absolute atomic E-state index is 5.79. The Morgan fingerprint density at radius 1 is 1.33 bits per heavy atom. The summed E-state index contributed by atoms with van der Waals surface area (Å²) in [7, 11) is 0. The standard InChI is InChI=1S/C8H8BrCl.C2H6/c1-2-6-3-4-8(10)7(9)5-6;1-2/h3-5H,2H2,1H3;1-2H3. The molecule has 0 fully saturated rings. The van der Waals surface area contributed by atoms with E-state index in [9.17, 15) is 0 Å². The van der Waals surface area contributed by atoms with Crippen LogP contribution in [0.25, 0.3) is 0 Å². The van der Waals surface area contributed by atoms with E-state index >= 15 is 0 Å². The normalized spacial score (nSPS) is 8.75. The maximum atomic E-state index is 5.79. The fourth-order valence-corrected chi connectivity index (χ4v) is 1.30. The van der Waals surface area contributed by atoms with E-state index in [0.29, 0.717) is 0 Å². The summed E-state index contributed by atoms with van der Waals surface area (Å²) in [5, 5.41) is 0.775. The summed E-state index contributed by atoms with van der Waals surface area (Å²) in [4.78, 5) is 0. The van der Waals surface area contributed by atoms with E-state index in [1.54, 1.807) is 0 Å². The van der Waals surface area contributed by atoms with E-state index in [-0.39, 0.29) is 0 Å². The van der Waals surface area contributed by atoms with Gasteiger partial charge in [-0.1, -0.05) is 38.4 Å². The first-order chi connectivity index (χ1) is 5.74. The third-order valence-corrected chi connectivity index (χ3v) is 2.61. The van der Waals surface area contributed by atoms with Crippen molar-refractivity contribution in [2.45, 2.75) is 27.2 Å². The van der Waals surface area contributed by atoms with E-state index in [2.05, 4.69) is 22.9 Å². The van der Waals surface area contributed by atoms with Crippen LogP contribution in [0, 0.1) is 0 Å². The molecule has 0 aromatic heterocycles. The Labute approximate surface area is 88.1 Å². The molecule has 0 spiro atoms. The first kappa shape index (κ1) is 12.0. The molecule has 12 heavy (non-hydrogen) atoms. The largest absolute Gasteiger partial charge is 0.0831 e. The summed E-state index contributed by atoms with van der Waals surface area (Å²) in [6.07, 6.45) is 1.05. The molecule has 2 heteroatoms. The second-order valence-corrected chi connectivity index (χ2v) is 3.36. The van der Waals surface area contributed by atoms with E-state index in [1.165, 1.54) is 5.56 Å². The van der Waals surface area contributed by atoms with Crippen molar-refractivity contribution in [3.63, 3.8) is 0 Å². The van der Waals surface area contributed by atoms with Gasteiger partial charge in [-0.15, -0.1) is 0 Å². The van der Waals surface area contributed by atoms with Crippen molar-refractivity contribution in [3.05, 3.63) is 33.3 Å². The molecular formula is C10H14BrCl. The lowest BCUT2D eigenvalue weighted by Gasteiger charge is -1.98. The monoisotopic (exact) mass is 248 g/mol. The number of hydrogen-bond acceptors (Lipinski definition) is 0. The van der Waals surface area contributed by atoms with Crippen molar-refractivity contribution in [2.75, 3.05) is 0 Å². The average molecular weight is 250 g/mol. The van der Waals surface area contributed by atoms with Gasteiger partial charge in [0, 0.05) is 4.47 Å². The lowest BCUT2D eigenvalue weighted by molar-refractivity contribution is 1.14. The van der Waals surface area contributed by atoms with Crippen LogP contribution >= 0.6 is 27.5 Å². The number of hydrogen-bond donors (Lipinski definition) is 0. The molecule has 1 aromatic rings. The van der Waals surface area contributed by atoms with E-state index in [0.717, 1.165) is 15.9 Å². The summed E-state index contributed by atoms with van der Waals surface area (Å²) in [5.41, 5.74) is 1.30. The van der Waals surface area contributed by atoms with Crippen LogP contribution in [0.5, 0.6) is 0 Å². The summed E-state index contributed by atoms with van der Waals surface area (Å²) in [5.74, 6) is 0. The molecule has 0 nitrogen and oxygen atoms in total. The first-order valence-electron chi connectivity index (χ1n) is 4.18. The topological polar surface area (TPSA) is 0 Å². The molecule has 0 aliphatic carbocycles. The lowest BCUT2D eigenvalue weighted by Crippen LogP contribution is -1.78. The first-order valence-corrected chi connectivity index (χ1v) is 5.35. The Bertz CT molecular complexity index is 233. The van der Waals surface area contributed by atoms with Gasteiger partial charge in [-0.2, -0.15) is 0 Å². The van der Waals surface area contributed by atoms with Gasteiger partial charge in [0.25, 0.3) is 0 Å². The Morgan fingerprint density at radius 3 is 2.33 bits per heavy atom. The molecule has 0 radical (unpaired) electrons. The predicted octanol–water partition coefficient (Wildman–Crippen LogP) is 4.69. The third kappa shape index (κ3) is 3.59. The van der Waals surface area contributed by atoms with Gasteiger partial charge in [0.2, 0.25) is 0 Å².